The molecule has 1 fully saturated rings. The van der Waals surface area contributed by atoms with Crippen molar-refractivity contribution >= 4 is 11.9 Å². The summed E-state index contributed by atoms with van der Waals surface area (Å²) < 4.78 is 0. The predicted octanol–water partition coefficient (Wildman–Crippen LogP) is 2.87. The van der Waals surface area contributed by atoms with Gasteiger partial charge in [-0.25, -0.2) is 4.79 Å². The Bertz CT molecular complexity index is 505. The summed E-state index contributed by atoms with van der Waals surface area (Å²) in [4.78, 5) is 23.2. The van der Waals surface area contributed by atoms with Crippen LogP contribution >= 0.6 is 0 Å². The summed E-state index contributed by atoms with van der Waals surface area (Å²) in [7, 11) is 0. The lowest BCUT2D eigenvalue weighted by atomic mass is 9.82. The molecule has 114 valence electrons. The van der Waals surface area contributed by atoms with Crippen LogP contribution in [-0.2, 0) is 11.2 Å². The van der Waals surface area contributed by atoms with Crippen molar-refractivity contribution in [3.05, 3.63) is 35.4 Å². The largest absolute Gasteiger partial charge is 0.478 e. The number of carboxylic acid groups (broad SMARTS) is 1. The van der Waals surface area contributed by atoms with Crippen LogP contribution in [0.2, 0.25) is 0 Å². The number of hydrogen-bond donors (Lipinski definition) is 2. The zero-order valence-electron chi connectivity index (χ0n) is 12.5. The van der Waals surface area contributed by atoms with Crippen LogP contribution in [0.1, 0.15) is 48.5 Å². The predicted molar refractivity (Wildman–Crippen MR) is 81.2 cm³/mol. The summed E-state index contributed by atoms with van der Waals surface area (Å²) in [5.41, 5.74) is 1.08. The molecule has 0 aromatic heterocycles. The van der Waals surface area contributed by atoms with E-state index in [9.17, 15) is 9.59 Å². The van der Waals surface area contributed by atoms with Crippen LogP contribution < -0.4 is 5.32 Å². The van der Waals surface area contributed by atoms with Crippen molar-refractivity contribution in [2.75, 3.05) is 6.54 Å². The maximum Gasteiger partial charge on any atom is 0.335 e. The summed E-state index contributed by atoms with van der Waals surface area (Å²) in [6.07, 6.45) is 4.74. The van der Waals surface area contributed by atoms with E-state index >= 15 is 0 Å². The molecular formula is C17H23NO3. The van der Waals surface area contributed by atoms with Crippen molar-refractivity contribution in [1.82, 2.24) is 5.32 Å². The lowest BCUT2D eigenvalue weighted by molar-refractivity contribution is -0.126. The molecule has 1 amide bonds. The molecule has 2 N–H and O–H groups in total. The number of aromatic carboxylic acids is 1. The Morgan fingerprint density at radius 1 is 1.19 bits per heavy atom. The summed E-state index contributed by atoms with van der Waals surface area (Å²) >= 11 is 0. The number of hydrogen-bond acceptors (Lipinski definition) is 2. The second kappa shape index (κ2) is 7.25. The maximum atomic E-state index is 12.1. The average Bonchev–Trinajstić information content (AvgIpc) is 2.48. The van der Waals surface area contributed by atoms with Crippen molar-refractivity contribution in [2.24, 2.45) is 11.8 Å². The summed E-state index contributed by atoms with van der Waals surface area (Å²) in [6.45, 7) is 2.73. The van der Waals surface area contributed by atoms with Crippen molar-refractivity contribution in [3.8, 4) is 0 Å². The van der Waals surface area contributed by atoms with Gasteiger partial charge < -0.3 is 10.4 Å². The molecule has 1 saturated carbocycles. The van der Waals surface area contributed by atoms with Gasteiger partial charge in [0.15, 0.2) is 0 Å². The highest BCUT2D eigenvalue weighted by Gasteiger charge is 2.23. The molecule has 1 aliphatic rings. The first-order valence-corrected chi connectivity index (χ1v) is 7.67. The number of carbonyl (C=O) groups excluding carboxylic acids is 1. The van der Waals surface area contributed by atoms with Gasteiger partial charge in [0.05, 0.1) is 5.56 Å². The van der Waals surface area contributed by atoms with E-state index in [0.29, 0.717) is 18.5 Å². The van der Waals surface area contributed by atoms with Crippen LogP contribution in [-0.4, -0.2) is 23.5 Å². The Morgan fingerprint density at radius 3 is 2.52 bits per heavy atom. The van der Waals surface area contributed by atoms with E-state index in [4.69, 9.17) is 5.11 Å². The first-order valence-electron chi connectivity index (χ1n) is 7.67. The molecule has 0 bridgehead atoms. The molecule has 0 heterocycles. The summed E-state index contributed by atoms with van der Waals surface area (Å²) in [5, 5.41) is 12.1. The molecule has 0 saturated heterocycles. The van der Waals surface area contributed by atoms with E-state index in [1.807, 2.05) is 6.07 Å². The molecule has 4 heteroatoms. The molecular weight excluding hydrogens is 266 g/mol. The van der Waals surface area contributed by atoms with Gasteiger partial charge in [0, 0.05) is 12.5 Å². The van der Waals surface area contributed by atoms with Crippen molar-refractivity contribution in [1.29, 1.82) is 0 Å². The van der Waals surface area contributed by atoms with Crippen LogP contribution in [0.3, 0.4) is 0 Å². The number of rotatable bonds is 5. The van der Waals surface area contributed by atoms with E-state index in [-0.39, 0.29) is 11.8 Å². The lowest BCUT2D eigenvalue weighted by Gasteiger charge is -2.25. The molecule has 2 rings (SSSR count). The van der Waals surface area contributed by atoms with Gasteiger partial charge in [-0.3, -0.25) is 4.79 Å². The zero-order chi connectivity index (χ0) is 15.2. The highest BCUT2D eigenvalue weighted by molar-refractivity contribution is 5.89. The molecule has 1 aromatic rings. The van der Waals surface area contributed by atoms with Gasteiger partial charge in [-0.05, 0) is 49.7 Å². The van der Waals surface area contributed by atoms with Gasteiger partial charge >= 0.3 is 5.97 Å². The topological polar surface area (TPSA) is 66.4 Å². The molecule has 4 nitrogen and oxygen atoms in total. The molecule has 0 radical (unpaired) electrons. The fraction of sp³-hybridized carbons (Fsp3) is 0.529. The molecule has 0 unspecified atom stereocenters. The van der Waals surface area contributed by atoms with E-state index in [1.165, 1.54) is 0 Å². The highest BCUT2D eigenvalue weighted by Crippen LogP contribution is 2.28. The quantitative estimate of drug-likeness (QED) is 0.876. The third kappa shape index (κ3) is 4.31. The Kier molecular flexibility index (Phi) is 5.37. The number of carbonyl (C=O) groups is 2. The van der Waals surface area contributed by atoms with E-state index < -0.39 is 5.97 Å². The minimum absolute atomic E-state index is 0.120. The van der Waals surface area contributed by atoms with Crippen LogP contribution in [0.5, 0.6) is 0 Å². The Labute approximate surface area is 125 Å². The minimum atomic E-state index is -0.918. The van der Waals surface area contributed by atoms with Crippen LogP contribution in [0.4, 0.5) is 0 Å². The smallest absolute Gasteiger partial charge is 0.335 e. The molecule has 1 aromatic carbocycles. The fourth-order valence-electron chi connectivity index (χ4n) is 2.93. The number of benzene rings is 1. The SMILES string of the molecule is CC1CCC(C(=O)NCCc2ccccc2C(=O)O)CC1. The minimum Gasteiger partial charge on any atom is -0.478 e. The average molecular weight is 289 g/mol. The van der Waals surface area contributed by atoms with Crippen LogP contribution in [0, 0.1) is 11.8 Å². The first-order chi connectivity index (χ1) is 10.1. The second-order valence-electron chi connectivity index (χ2n) is 5.96. The normalized spacial score (nSPS) is 21.8. The zero-order valence-corrected chi connectivity index (χ0v) is 12.5. The van der Waals surface area contributed by atoms with Gasteiger partial charge in [0.1, 0.15) is 0 Å². The van der Waals surface area contributed by atoms with Gasteiger partial charge in [-0.2, -0.15) is 0 Å². The molecule has 1 aliphatic carbocycles. The highest BCUT2D eigenvalue weighted by atomic mass is 16.4. The van der Waals surface area contributed by atoms with E-state index in [2.05, 4.69) is 12.2 Å². The van der Waals surface area contributed by atoms with Crippen molar-refractivity contribution < 1.29 is 14.7 Å². The second-order valence-corrected chi connectivity index (χ2v) is 5.96. The molecule has 0 spiro atoms. The van der Waals surface area contributed by atoms with Crippen LogP contribution in [0.15, 0.2) is 24.3 Å². The van der Waals surface area contributed by atoms with Crippen molar-refractivity contribution in [2.45, 2.75) is 39.0 Å². The van der Waals surface area contributed by atoms with Gasteiger partial charge in [0.25, 0.3) is 0 Å². The number of amides is 1. The first kappa shape index (κ1) is 15.5. The Morgan fingerprint density at radius 2 is 1.86 bits per heavy atom. The standard InChI is InChI=1S/C17H23NO3/c1-12-6-8-14(9-7-12)16(19)18-11-10-13-4-2-3-5-15(13)17(20)21/h2-5,12,14H,6-11H2,1H3,(H,18,19)(H,20,21). The number of nitrogens with one attached hydrogen (secondary N) is 1. The van der Waals surface area contributed by atoms with Crippen LogP contribution in [0.25, 0.3) is 0 Å². The van der Waals surface area contributed by atoms with Gasteiger partial charge in [0.2, 0.25) is 5.91 Å². The van der Waals surface area contributed by atoms with Gasteiger partial charge in [-0.1, -0.05) is 25.1 Å². The van der Waals surface area contributed by atoms with Crippen molar-refractivity contribution in [3.63, 3.8) is 0 Å². The number of carboxylic acids is 1. The maximum absolute atomic E-state index is 12.1. The van der Waals surface area contributed by atoms with E-state index in [1.54, 1.807) is 18.2 Å². The Balaban J connectivity index is 1.82. The van der Waals surface area contributed by atoms with E-state index in [0.717, 1.165) is 37.2 Å². The monoisotopic (exact) mass is 289 g/mol. The molecule has 21 heavy (non-hydrogen) atoms. The van der Waals surface area contributed by atoms with Gasteiger partial charge in [-0.15, -0.1) is 0 Å². The Hall–Kier alpha value is -1.84. The molecule has 0 atom stereocenters. The molecule has 0 aliphatic heterocycles. The lowest BCUT2D eigenvalue weighted by Crippen LogP contribution is -2.34. The third-order valence-electron chi connectivity index (χ3n) is 4.33. The fourth-order valence-corrected chi connectivity index (χ4v) is 2.93. The third-order valence-corrected chi connectivity index (χ3v) is 4.33. The summed E-state index contributed by atoms with van der Waals surface area (Å²) in [5.74, 6) is 0.0697. The summed E-state index contributed by atoms with van der Waals surface area (Å²) in [6, 6.07) is 6.95.